The van der Waals surface area contributed by atoms with Crippen molar-refractivity contribution in [2.75, 3.05) is 45.4 Å². The van der Waals surface area contributed by atoms with Crippen LogP contribution in [0.15, 0.2) is 18.2 Å². The van der Waals surface area contributed by atoms with Gasteiger partial charge in [-0.3, -0.25) is 4.79 Å². The minimum Gasteiger partial charge on any atom is -0.488 e. The Kier molecular flexibility index (Phi) is 6.57. The fourth-order valence-corrected chi connectivity index (χ4v) is 2.12. The van der Waals surface area contributed by atoms with E-state index in [1.54, 1.807) is 13.2 Å². The van der Waals surface area contributed by atoms with Gasteiger partial charge in [-0.15, -0.1) is 0 Å². The lowest BCUT2D eigenvalue weighted by atomic mass is 10.2. The van der Waals surface area contributed by atoms with Crippen molar-refractivity contribution in [3.8, 4) is 5.75 Å². The summed E-state index contributed by atoms with van der Waals surface area (Å²) in [5.74, 6) is -0.569. The third kappa shape index (κ3) is 5.25. The maximum absolute atomic E-state index is 13.8. The lowest BCUT2D eigenvalue weighted by molar-refractivity contribution is -0.117. The normalized spacial score (nSPS) is 18.0. The molecule has 0 saturated carbocycles. The molecule has 1 saturated heterocycles. The van der Waals surface area contributed by atoms with E-state index in [2.05, 4.69) is 10.6 Å². The van der Waals surface area contributed by atoms with Crippen LogP contribution < -0.4 is 15.4 Å². The highest BCUT2D eigenvalue weighted by atomic mass is 19.1. The Hall–Kier alpha value is -1.70. The molecule has 0 spiro atoms. The second-order valence-corrected chi connectivity index (χ2v) is 4.96. The number of morpholine rings is 1. The molecule has 1 fully saturated rings. The molecule has 22 heavy (non-hydrogen) atoms. The van der Waals surface area contributed by atoms with Crippen LogP contribution >= 0.6 is 0 Å². The van der Waals surface area contributed by atoms with Gasteiger partial charge in [0, 0.05) is 37.9 Å². The number of methoxy groups -OCH3 is 1. The predicted octanol–water partition coefficient (Wildman–Crippen LogP) is 1.17. The molecule has 122 valence electrons. The molecule has 2 N–H and O–H groups in total. The van der Waals surface area contributed by atoms with Gasteiger partial charge < -0.3 is 24.8 Å². The molecule has 1 aliphatic heterocycles. The van der Waals surface area contributed by atoms with Crippen LogP contribution in [0.4, 0.5) is 10.1 Å². The molecule has 1 amide bonds. The number of ether oxygens (including phenoxy) is 3. The van der Waals surface area contributed by atoms with Gasteiger partial charge in [-0.2, -0.15) is 0 Å². The van der Waals surface area contributed by atoms with E-state index >= 15 is 0 Å². The first-order valence-corrected chi connectivity index (χ1v) is 7.21. The standard InChI is InChI=1S/C15H21FN2O4/c1-20-6-7-22-14-3-2-11(8-13(14)16)18-15(19)9-12-10-21-5-4-17-12/h2-3,8,12,17H,4-7,9-10H2,1H3,(H,18,19). The highest BCUT2D eigenvalue weighted by Gasteiger charge is 2.17. The molecule has 7 heteroatoms. The van der Waals surface area contributed by atoms with Crippen LogP contribution in [0.2, 0.25) is 0 Å². The smallest absolute Gasteiger partial charge is 0.226 e. The molecule has 0 bridgehead atoms. The monoisotopic (exact) mass is 312 g/mol. The number of benzene rings is 1. The molecule has 6 nitrogen and oxygen atoms in total. The van der Waals surface area contributed by atoms with Crippen LogP contribution in [0, 0.1) is 5.82 Å². The number of rotatable bonds is 7. The van der Waals surface area contributed by atoms with Gasteiger partial charge in [-0.25, -0.2) is 4.39 Å². The van der Waals surface area contributed by atoms with Crippen LogP contribution in [0.3, 0.4) is 0 Å². The number of hydrogen-bond donors (Lipinski definition) is 2. The van der Waals surface area contributed by atoms with Gasteiger partial charge in [0.15, 0.2) is 11.6 Å². The average molecular weight is 312 g/mol. The molecule has 1 heterocycles. The van der Waals surface area contributed by atoms with E-state index in [1.165, 1.54) is 12.1 Å². The molecule has 1 aliphatic rings. The van der Waals surface area contributed by atoms with Gasteiger partial charge >= 0.3 is 0 Å². The molecule has 0 radical (unpaired) electrons. The first-order chi connectivity index (χ1) is 10.7. The van der Waals surface area contributed by atoms with Gasteiger partial charge in [-0.05, 0) is 12.1 Å². The van der Waals surface area contributed by atoms with Crippen molar-refractivity contribution in [1.29, 1.82) is 0 Å². The van der Waals surface area contributed by atoms with Crippen molar-refractivity contribution in [2.45, 2.75) is 12.5 Å². The summed E-state index contributed by atoms with van der Waals surface area (Å²) in [6, 6.07) is 4.33. The minimum absolute atomic E-state index is 0.00440. The third-order valence-corrected chi connectivity index (χ3v) is 3.19. The lowest BCUT2D eigenvalue weighted by Gasteiger charge is -2.23. The van der Waals surface area contributed by atoms with Gasteiger partial charge in [0.1, 0.15) is 6.61 Å². The molecule has 0 aliphatic carbocycles. The van der Waals surface area contributed by atoms with E-state index < -0.39 is 5.82 Å². The van der Waals surface area contributed by atoms with Crippen molar-refractivity contribution >= 4 is 11.6 Å². The van der Waals surface area contributed by atoms with Crippen molar-refractivity contribution in [2.24, 2.45) is 0 Å². The van der Waals surface area contributed by atoms with Gasteiger partial charge in [-0.1, -0.05) is 0 Å². The van der Waals surface area contributed by atoms with Crippen LogP contribution in [0.25, 0.3) is 0 Å². The molecule has 1 aromatic carbocycles. The molecule has 2 rings (SSSR count). The Labute approximate surface area is 128 Å². The summed E-state index contributed by atoms with van der Waals surface area (Å²) in [7, 11) is 1.55. The minimum atomic E-state index is -0.520. The molecule has 0 aromatic heterocycles. The molecule has 1 atom stereocenters. The summed E-state index contributed by atoms with van der Waals surface area (Å²) >= 11 is 0. The molecule has 1 unspecified atom stereocenters. The number of nitrogens with one attached hydrogen (secondary N) is 2. The zero-order chi connectivity index (χ0) is 15.8. The maximum atomic E-state index is 13.8. The Morgan fingerprint density at radius 2 is 2.36 bits per heavy atom. The Bertz CT molecular complexity index is 492. The first-order valence-electron chi connectivity index (χ1n) is 7.21. The van der Waals surface area contributed by atoms with E-state index in [9.17, 15) is 9.18 Å². The predicted molar refractivity (Wildman–Crippen MR) is 79.6 cm³/mol. The zero-order valence-corrected chi connectivity index (χ0v) is 12.6. The second-order valence-electron chi connectivity index (χ2n) is 4.96. The number of halogens is 1. The number of hydrogen-bond acceptors (Lipinski definition) is 5. The van der Waals surface area contributed by atoms with Crippen LogP contribution in [-0.4, -0.2) is 52.0 Å². The van der Waals surface area contributed by atoms with E-state index in [0.29, 0.717) is 25.5 Å². The van der Waals surface area contributed by atoms with Gasteiger partial charge in [0.25, 0.3) is 0 Å². The SMILES string of the molecule is COCCOc1ccc(NC(=O)CC2COCCN2)cc1F. The summed E-state index contributed by atoms with van der Waals surface area (Å²) < 4.78 is 29.2. The number of carbonyl (C=O) groups is 1. The molecule has 1 aromatic rings. The largest absolute Gasteiger partial charge is 0.488 e. The van der Waals surface area contributed by atoms with Crippen LogP contribution in [0.5, 0.6) is 5.75 Å². The fraction of sp³-hybridized carbons (Fsp3) is 0.533. The quantitative estimate of drug-likeness (QED) is 0.740. The van der Waals surface area contributed by atoms with E-state index in [4.69, 9.17) is 14.2 Å². The maximum Gasteiger partial charge on any atom is 0.226 e. The van der Waals surface area contributed by atoms with Crippen LogP contribution in [0.1, 0.15) is 6.42 Å². The Morgan fingerprint density at radius 1 is 1.50 bits per heavy atom. The molecular weight excluding hydrogens is 291 g/mol. The van der Waals surface area contributed by atoms with E-state index in [1.807, 2.05) is 0 Å². The zero-order valence-electron chi connectivity index (χ0n) is 12.6. The number of carbonyl (C=O) groups excluding carboxylic acids is 1. The van der Waals surface area contributed by atoms with E-state index in [0.717, 1.165) is 6.54 Å². The third-order valence-electron chi connectivity index (χ3n) is 3.19. The van der Waals surface area contributed by atoms with Crippen LogP contribution in [-0.2, 0) is 14.3 Å². The first kappa shape index (κ1) is 16.7. The topological polar surface area (TPSA) is 68.8 Å². The average Bonchev–Trinajstić information content (AvgIpc) is 2.50. The summed E-state index contributed by atoms with van der Waals surface area (Å²) in [6.07, 6.45) is 0.285. The van der Waals surface area contributed by atoms with Crippen molar-refractivity contribution in [1.82, 2.24) is 5.32 Å². The van der Waals surface area contributed by atoms with Crippen molar-refractivity contribution < 1.29 is 23.4 Å². The fourth-order valence-electron chi connectivity index (χ4n) is 2.12. The molecular formula is C15H21FN2O4. The summed E-state index contributed by atoms with van der Waals surface area (Å²) in [5, 5.41) is 5.86. The van der Waals surface area contributed by atoms with Crippen molar-refractivity contribution in [3.05, 3.63) is 24.0 Å². The van der Waals surface area contributed by atoms with Gasteiger partial charge in [0.05, 0.1) is 19.8 Å². The second kappa shape index (κ2) is 8.67. The Morgan fingerprint density at radius 3 is 3.05 bits per heavy atom. The Balaban J connectivity index is 1.84. The highest BCUT2D eigenvalue weighted by Crippen LogP contribution is 2.21. The summed E-state index contributed by atoms with van der Waals surface area (Å²) in [6.45, 7) is 2.56. The summed E-state index contributed by atoms with van der Waals surface area (Å²) in [5.41, 5.74) is 0.401. The lowest BCUT2D eigenvalue weighted by Crippen LogP contribution is -2.43. The number of anilines is 1. The van der Waals surface area contributed by atoms with Gasteiger partial charge in [0.2, 0.25) is 5.91 Å². The van der Waals surface area contributed by atoms with E-state index in [-0.39, 0.29) is 30.7 Å². The summed E-state index contributed by atoms with van der Waals surface area (Å²) in [4.78, 5) is 11.9. The number of amides is 1. The van der Waals surface area contributed by atoms with Crippen molar-refractivity contribution in [3.63, 3.8) is 0 Å². The highest BCUT2D eigenvalue weighted by molar-refractivity contribution is 5.91.